The third-order valence-electron chi connectivity index (χ3n) is 3.78. The van der Waals surface area contributed by atoms with Gasteiger partial charge in [0.2, 0.25) is 0 Å². The predicted octanol–water partition coefficient (Wildman–Crippen LogP) is 4.75. The van der Waals surface area contributed by atoms with Crippen molar-refractivity contribution >= 4 is 6.29 Å². The number of carbonyl (C=O) groups excluding carboxylic acids is 1. The summed E-state index contributed by atoms with van der Waals surface area (Å²) in [7, 11) is 1.64. The van der Waals surface area contributed by atoms with E-state index >= 15 is 0 Å². The lowest BCUT2D eigenvalue weighted by molar-refractivity contribution is 0.112. The Bertz CT molecular complexity index is 808. The number of aldehydes is 1. The molecule has 0 unspecified atom stereocenters. The molecule has 3 nitrogen and oxygen atoms in total. The first-order valence-electron chi connectivity index (χ1n) is 7.70. The van der Waals surface area contributed by atoms with Gasteiger partial charge < -0.3 is 9.47 Å². The summed E-state index contributed by atoms with van der Waals surface area (Å²) in [5.74, 6) is 1.53. The molecule has 0 aliphatic carbocycles. The molecular formula is C21H18O3. The third-order valence-corrected chi connectivity index (χ3v) is 3.78. The largest absolute Gasteiger partial charge is 0.497 e. The quantitative estimate of drug-likeness (QED) is 0.615. The van der Waals surface area contributed by atoms with E-state index in [9.17, 15) is 4.79 Å². The number of rotatable bonds is 6. The first kappa shape index (κ1) is 15.8. The van der Waals surface area contributed by atoms with Gasteiger partial charge in [0.05, 0.1) is 7.11 Å². The monoisotopic (exact) mass is 318 g/mol. The van der Waals surface area contributed by atoms with Gasteiger partial charge in [-0.25, -0.2) is 0 Å². The van der Waals surface area contributed by atoms with E-state index < -0.39 is 0 Å². The smallest absolute Gasteiger partial charge is 0.150 e. The summed E-state index contributed by atoms with van der Waals surface area (Å²) in [5, 5.41) is 0. The lowest BCUT2D eigenvalue weighted by Gasteiger charge is -2.13. The van der Waals surface area contributed by atoms with Crippen LogP contribution in [-0.4, -0.2) is 13.4 Å². The zero-order valence-electron chi connectivity index (χ0n) is 13.4. The highest BCUT2D eigenvalue weighted by Gasteiger charge is 2.09. The normalized spacial score (nSPS) is 10.2. The van der Waals surface area contributed by atoms with Gasteiger partial charge in [-0.3, -0.25) is 4.79 Å². The predicted molar refractivity (Wildman–Crippen MR) is 94.6 cm³/mol. The second-order valence-corrected chi connectivity index (χ2v) is 5.38. The van der Waals surface area contributed by atoms with Crippen LogP contribution in [0.15, 0.2) is 72.8 Å². The molecule has 0 radical (unpaired) electrons. The van der Waals surface area contributed by atoms with Gasteiger partial charge in [-0.05, 0) is 41.5 Å². The number of hydrogen-bond acceptors (Lipinski definition) is 3. The molecule has 0 heterocycles. The van der Waals surface area contributed by atoms with Crippen molar-refractivity contribution in [3.05, 3.63) is 83.9 Å². The van der Waals surface area contributed by atoms with Crippen molar-refractivity contribution in [2.45, 2.75) is 6.61 Å². The minimum Gasteiger partial charge on any atom is -0.497 e. The average molecular weight is 318 g/mol. The Kier molecular flexibility index (Phi) is 4.92. The maximum Gasteiger partial charge on any atom is 0.150 e. The molecule has 0 aliphatic rings. The Morgan fingerprint density at radius 2 is 1.67 bits per heavy atom. The molecule has 0 aromatic heterocycles. The minimum atomic E-state index is 0.477. The Balaban J connectivity index is 1.91. The zero-order chi connectivity index (χ0) is 16.8. The third kappa shape index (κ3) is 3.63. The average Bonchev–Trinajstić information content (AvgIpc) is 2.67. The first-order chi connectivity index (χ1) is 11.8. The maximum absolute atomic E-state index is 11.1. The molecule has 0 spiro atoms. The van der Waals surface area contributed by atoms with Crippen LogP contribution in [0, 0.1) is 0 Å². The minimum absolute atomic E-state index is 0.477. The van der Waals surface area contributed by atoms with E-state index in [2.05, 4.69) is 0 Å². The van der Waals surface area contributed by atoms with Crippen molar-refractivity contribution in [3.8, 4) is 22.6 Å². The van der Waals surface area contributed by atoms with Gasteiger partial charge in [-0.15, -0.1) is 0 Å². The van der Waals surface area contributed by atoms with E-state index in [0.717, 1.165) is 34.5 Å². The van der Waals surface area contributed by atoms with E-state index in [1.165, 1.54) is 0 Å². The van der Waals surface area contributed by atoms with Crippen molar-refractivity contribution < 1.29 is 14.3 Å². The summed E-state index contributed by atoms with van der Waals surface area (Å²) < 4.78 is 11.2. The molecule has 0 bridgehead atoms. The number of hydrogen-bond donors (Lipinski definition) is 0. The molecule has 0 fully saturated rings. The van der Waals surface area contributed by atoms with Crippen LogP contribution < -0.4 is 9.47 Å². The fourth-order valence-corrected chi connectivity index (χ4v) is 2.48. The van der Waals surface area contributed by atoms with Gasteiger partial charge in [-0.1, -0.05) is 42.5 Å². The number of benzene rings is 3. The Morgan fingerprint density at radius 1 is 0.917 bits per heavy atom. The summed E-state index contributed by atoms with van der Waals surface area (Å²) >= 11 is 0. The maximum atomic E-state index is 11.1. The lowest BCUT2D eigenvalue weighted by atomic mass is 10.0. The molecule has 3 rings (SSSR count). The molecule has 120 valence electrons. The molecule has 0 N–H and O–H groups in total. The molecular weight excluding hydrogens is 300 g/mol. The standard InChI is InChI=1S/C21H18O3/c1-23-19-10-8-18(9-11-19)20-13-17(14-22)7-12-21(20)24-15-16-5-3-2-4-6-16/h2-14H,15H2,1H3. The van der Waals surface area contributed by atoms with E-state index in [0.29, 0.717) is 12.2 Å². The van der Waals surface area contributed by atoms with Crippen LogP contribution in [-0.2, 0) is 6.61 Å². The van der Waals surface area contributed by atoms with Gasteiger partial charge in [0, 0.05) is 11.1 Å². The Labute approximate surface area is 141 Å². The molecule has 0 amide bonds. The molecule has 3 heteroatoms. The fourth-order valence-electron chi connectivity index (χ4n) is 2.48. The lowest BCUT2D eigenvalue weighted by Crippen LogP contribution is -1.97. The molecule has 0 saturated carbocycles. The number of methoxy groups -OCH3 is 1. The van der Waals surface area contributed by atoms with Gasteiger partial charge in [0.15, 0.2) is 0 Å². The van der Waals surface area contributed by atoms with E-state index in [1.54, 1.807) is 13.2 Å². The van der Waals surface area contributed by atoms with Crippen molar-refractivity contribution in [2.24, 2.45) is 0 Å². The van der Waals surface area contributed by atoms with E-state index in [1.807, 2.05) is 66.7 Å². The summed E-state index contributed by atoms with van der Waals surface area (Å²) in [6, 6.07) is 23.1. The second-order valence-electron chi connectivity index (χ2n) is 5.38. The highest BCUT2D eigenvalue weighted by molar-refractivity contribution is 5.81. The summed E-state index contributed by atoms with van der Waals surface area (Å²) in [5.41, 5.74) is 3.58. The van der Waals surface area contributed by atoms with Crippen LogP contribution in [0.25, 0.3) is 11.1 Å². The SMILES string of the molecule is COc1ccc(-c2cc(C=O)ccc2OCc2ccccc2)cc1. The van der Waals surface area contributed by atoms with Crippen LogP contribution in [0.2, 0.25) is 0 Å². The van der Waals surface area contributed by atoms with Crippen LogP contribution in [0.4, 0.5) is 0 Å². The summed E-state index contributed by atoms with van der Waals surface area (Å²) in [6.07, 6.45) is 0.841. The van der Waals surface area contributed by atoms with Crippen molar-refractivity contribution in [2.75, 3.05) is 7.11 Å². The first-order valence-corrected chi connectivity index (χ1v) is 7.70. The van der Waals surface area contributed by atoms with Crippen LogP contribution >= 0.6 is 0 Å². The van der Waals surface area contributed by atoms with Gasteiger partial charge in [-0.2, -0.15) is 0 Å². The van der Waals surface area contributed by atoms with Gasteiger partial charge >= 0.3 is 0 Å². The van der Waals surface area contributed by atoms with Crippen LogP contribution in [0.1, 0.15) is 15.9 Å². The van der Waals surface area contributed by atoms with Crippen molar-refractivity contribution in [1.82, 2.24) is 0 Å². The van der Waals surface area contributed by atoms with Crippen molar-refractivity contribution in [3.63, 3.8) is 0 Å². The number of carbonyl (C=O) groups is 1. The Hall–Kier alpha value is -3.07. The highest BCUT2D eigenvalue weighted by Crippen LogP contribution is 2.32. The number of ether oxygens (including phenoxy) is 2. The molecule has 3 aromatic carbocycles. The molecule has 3 aromatic rings. The Morgan fingerprint density at radius 3 is 2.33 bits per heavy atom. The van der Waals surface area contributed by atoms with E-state index in [-0.39, 0.29) is 0 Å². The van der Waals surface area contributed by atoms with Crippen molar-refractivity contribution in [1.29, 1.82) is 0 Å². The van der Waals surface area contributed by atoms with Crippen LogP contribution in [0.5, 0.6) is 11.5 Å². The van der Waals surface area contributed by atoms with Gasteiger partial charge in [0.25, 0.3) is 0 Å². The van der Waals surface area contributed by atoms with Crippen LogP contribution in [0.3, 0.4) is 0 Å². The summed E-state index contributed by atoms with van der Waals surface area (Å²) in [4.78, 5) is 11.1. The molecule has 0 atom stereocenters. The molecule has 24 heavy (non-hydrogen) atoms. The summed E-state index contributed by atoms with van der Waals surface area (Å²) in [6.45, 7) is 0.477. The highest BCUT2D eigenvalue weighted by atomic mass is 16.5. The second kappa shape index (κ2) is 7.47. The molecule has 0 saturated heterocycles. The van der Waals surface area contributed by atoms with Gasteiger partial charge in [0.1, 0.15) is 24.4 Å². The molecule has 0 aliphatic heterocycles. The van der Waals surface area contributed by atoms with E-state index in [4.69, 9.17) is 9.47 Å². The zero-order valence-corrected chi connectivity index (χ0v) is 13.4. The fraction of sp³-hybridized carbons (Fsp3) is 0.0952. The topological polar surface area (TPSA) is 35.5 Å².